The third-order valence-corrected chi connectivity index (χ3v) is 5.31. The molecule has 106 valence electrons. The number of hydrogen-bond acceptors (Lipinski definition) is 3. The molecule has 3 nitrogen and oxygen atoms in total. The van der Waals surface area contributed by atoms with Gasteiger partial charge in [0.05, 0.1) is 10.6 Å². The van der Waals surface area contributed by atoms with Crippen LogP contribution in [0.1, 0.15) is 22.3 Å². The van der Waals surface area contributed by atoms with Crippen LogP contribution in [-0.4, -0.2) is 20.0 Å². The molecule has 0 atom stereocenters. The monoisotopic (exact) mass is 298 g/mol. The second-order valence-electron chi connectivity index (χ2n) is 4.97. The molecular weight excluding hydrogens is 284 g/mol. The molecule has 0 saturated carbocycles. The number of carbonyl (C=O) groups excluding carboxylic acids is 1. The van der Waals surface area contributed by atoms with E-state index in [1.807, 2.05) is 30.3 Å². The molecule has 21 heavy (non-hydrogen) atoms. The maximum absolute atomic E-state index is 12.6. The maximum atomic E-state index is 12.6. The van der Waals surface area contributed by atoms with Crippen LogP contribution in [0.15, 0.2) is 65.1 Å². The first kappa shape index (κ1) is 13.8. The molecule has 0 amide bonds. The Labute approximate surface area is 123 Å². The predicted molar refractivity (Wildman–Crippen MR) is 81.9 cm³/mol. The number of rotatable bonds is 1. The summed E-state index contributed by atoms with van der Waals surface area (Å²) in [7, 11) is -3.40. The van der Waals surface area contributed by atoms with Crippen LogP contribution in [0.25, 0.3) is 6.08 Å². The van der Waals surface area contributed by atoms with E-state index in [9.17, 15) is 13.2 Å². The van der Waals surface area contributed by atoms with Crippen molar-refractivity contribution in [2.75, 3.05) is 5.75 Å². The molecule has 0 saturated heterocycles. The average Bonchev–Trinajstić information content (AvgIpc) is 2.60. The molecule has 0 N–H and O–H groups in total. The summed E-state index contributed by atoms with van der Waals surface area (Å²) in [6.07, 6.45) is 2.02. The van der Waals surface area contributed by atoms with E-state index in [0.717, 1.165) is 5.56 Å². The summed E-state index contributed by atoms with van der Waals surface area (Å²) in [5, 5.41) is 0. The lowest BCUT2D eigenvalue weighted by Gasteiger charge is -2.04. The van der Waals surface area contributed by atoms with Gasteiger partial charge < -0.3 is 0 Å². The molecule has 4 heteroatoms. The van der Waals surface area contributed by atoms with E-state index < -0.39 is 9.84 Å². The van der Waals surface area contributed by atoms with Gasteiger partial charge in [0.15, 0.2) is 15.6 Å². The molecule has 0 spiro atoms. The molecule has 1 aliphatic rings. The zero-order valence-electron chi connectivity index (χ0n) is 11.3. The lowest BCUT2D eigenvalue weighted by atomic mass is 9.99. The zero-order valence-corrected chi connectivity index (χ0v) is 12.1. The van der Waals surface area contributed by atoms with Gasteiger partial charge in [-0.2, -0.15) is 0 Å². The molecule has 0 radical (unpaired) electrons. The highest BCUT2D eigenvalue weighted by Crippen LogP contribution is 2.27. The third kappa shape index (κ3) is 2.67. The largest absolute Gasteiger partial charge is 0.289 e. The van der Waals surface area contributed by atoms with Gasteiger partial charge in [-0.1, -0.05) is 42.5 Å². The second-order valence-corrected chi connectivity index (χ2v) is 7.05. The van der Waals surface area contributed by atoms with E-state index in [4.69, 9.17) is 0 Å². The van der Waals surface area contributed by atoms with Crippen molar-refractivity contribution in [1.82, 2.24) is 0 Å². The fourth-order valence-corrected chi connectivity index (χ4v) is 3.94. The van der Waals surface area contributed by atoms with Gasteiger partial charge in [-0.15, -0.1) is 0 Å². The summed E-state index contributed by atoms with van der Waals surface area (Å²) >= 11 is 0. The first-order valence-electron chi connectivity index (χ1n) is 6.70. The molecule has 0 aliphatic carbocycles. The summed E-state index contributed by atoms with van der Waals surface area (Å²) in [5.74, 6) is -0.232. The quantitative estimate of drug-likeness (QED) is 0.760. The molecule has 0 aromatic heterocycles. The van der Waals surface area contributed by atoms with Crippen molar-refractivity contribution in [2.45, 2.75) is 11.3 Å². The molecule has 2 aromatic rings. The predicted octanol–water partition coefficient (Wildman–Crippen LogP) is 3.13. The van der Waals surface area contributed by atoms with Crippen LogP contribution in [0, 0.1) is 0 Å². The number of fused-ring (bicyclic) bond motifs is 1. The number of hydrogen-bond donors (Lipinski definition) is 0. The molecule has 3 rings (SSSR count). The summed E-state index contributed by atoms with van der Waals surface area (Å²) in [4.78, 5) is 12.7. The second kappa shape index (κ2) is 5.30. The Bertz CT molecular complexity index is 818. The molecule has 1 heterocycles. The SMILES string of the molecule is O=C1C(=Cc2ccccc2)CCS(=O)(=O)c2ccccc21. The van der Waals surface area contributed by atoms with Gasteiger partial charge in [0.25, 0.3) is 0 Å². The maximum Gasteiger partial charge on any atom is 0.190 e. The average molecular weight is 298 g/mol. The van der Waals surface area contributed by atoms with Crippen LogP contribution < -0.4 is 0 Å². The Morgan fingerprint density at radius 1 is 0.905 bits per heavy atom. The standard InChI is InChI=1S/C17H14O3S/c18-17-14(12-13-6-2-1-3-7-13)10-11-21(19,20)16-9-5-4-8-15(16)17/h1-9,12H,10-11H2. The van der Waals surface area contributed by atoms with E-state index in [-0.39, 0.29) is 28.4 Å². The molecule has 1 aliphatic heterocycles. The van der Waals surface area contributed by atoms with Crippen LogP contribution in [0.4, 0.5) is 0 Å². The molecule has 0 unspecified atom stereocenters. The normalized spacial score (nSPS) is 19.0. The van der Waals surface area contributed by atoms with Crippen molar-refractivity contribution in [1.29, 1.82) is 0 Å². The molecule has 2 aromatic carbocycles. The minimum Gasteiger partial charge on any atom is -0.289 e. The Hall–Kier alpha value is -2.20. The number of allylic oxidation sites excluding steroid dienone is 1. The van der Waals surface area contributed by atoms with Gasteiger partial charge in [0.1, 0.15) is 0 Å². The highest BCUT2D eigenvalue weighted by Gasteiger charge is 2.28. The smallest absolute Gasteiger partial charge is 0.190 e. The Kier molecular flexibility index (Phi) is 3.47. The summed E-state index contributed by atoms with van der Waals surface area (Å²) in [6, 6.07) is 15.9. The number of benzene rings is 2. The van der Waals surface area contributed by atoms with Crippen molar-refractivity contribution in [3.8, 4) is 0 Å². The van der Waals surface area contributed by atoms with Crippen LogP contribution in [0.2, 0.25) is 0 Å². The number of carbonyl (C=O) groups is 1. The fourth-order valence-electron chi connectivity index (χ4n) is 2.45. The highest BCUT2D eigenvalue weighted by molar-refractivity contribution is 7.91. The third-order valence-electron chi connectivity index (χ3n) is 3.54. The van der Waals surface area contributed by atoms with Crippen LogP contribution >= 0.6 is 0 Å². The van der Waals surface area contributed by atoms with Crippen LogP contribution in [0.3, 0.4) is 0 Å². The molecule has 0 fully saturated rings. The minimum absolute atomic E-state index is 0.0333. The lowest BCUT2D eigenvalue weighted by molar-refractivity contribution is 0.103. The number of Topliss-reactive ketones (excluding diaryl/α,β-unsaturated/α-hetero) is 1. The lowest BCUT2D eigenvalue weighted by Crippen LogP contribution is -2.06. The van der Waals surface area contributed by atoms with Gasteiger partial charge in [0, 0.05) is 11.1 Å². The van der Waals surface area contributed by atoms with Crippen LogP contribution in [0.5, 0.6) is 0 Å². The van der Waals surface area contributed by atoms with Gasteiger partial charge in [0.2, 0.25) is 0 Å². The van der Waals surface area contributed by atoms with Crippen molar-refractivity contribution in [3.05, 3.63) is 71.3 Å². The fraction of sp³-hybridized carbons (Fsp3) is 0.118. The van der Waals surface area contributed by atoms with Crippen molar-refractivity contribution < 1.29 is 13.2 Å². The van der Waals surface area contributed by atoms with E-state index >= 15 is 0 Å². The molecule has 0 bridgehead atoms. The Morgan fingerprint density at radius 3 is 2.33 bits per heavy atom. The number of ketones is 1. The zero-order chi connectivity index (χ0) is 14.9. The van der Waals surface area contributed by atoms with Crippen molar-refractivity contribution >= 4 is 21.7 Å². The highest BCUT2D eigenvalue weighted by atomic mass is 32.2. The van der Waals surface area contributed by atoms with Crippen molar-refractivity contribution in [2.24, 2.45) is 0 Å². The Morgan fingerprint density at radius 2 is 1.57 bits per heavy atom. The van der Waals surface area contributed by atoms with E-state index in [1.165, 1.54) is 6.07 Å². The Balaban J connectivity index is 2.13. The van der Waals surface area contributed by atoms with Gasteiger partial charge in [-0.3, -0.25) is 4.79 Å². The van der Waals surface area contributed by atoms with Crippen LogP contribution in [-0.2, 0) is 9.84 Å². The van der Waals surface area contributed by atoms with Gasteiger partial charge in [-0.05, 0) is 30.2 Å². The van der Waals surface area contributed by atoms with Crippen molar-refractivity contribution in [3.63, 3.8) is 0 Å². The summed E-state index contributed by atoms with van der Waals surface area (Å²) in [5.41, 5.74) is 1.71. The van der Waals surface area contributed by atoms with Gasteiger partial charge >= 0.3 is 0 Å². The van der Waals surface area contributed by atoms with E-state index in [0.29, 0.717) is 5.57 Å². The summed E-state index contributed by atoms with van der Waals surface area (Å²) in [6.45, 7) is 0. The van der Waals surface area contributed by atoms with Gasteiger partial charge in [-0.25, -0.2) is 8.42 Å². The first-order chi connectivity index (χ1) is 10.1. The topological polar surface area (TPSA) is 51.2 Å². The number of sulfone groups is 1. The molecular formula is C17H14O3S. The van der Waals surface area contributed by atoms with E-state index in [1.54, 1.807) is 24.3 Å². The first-order valence-corrected chi connectivity index (χ1v) is 8.35. The minimum atomic E-state index is -3.40. The summed E-state index contributed by atoms with van der Waals surface area (Å²) < 4.78 is 24.5. The van der Waals surface area contributed by atoms with E-state index in [2.05, 4.69) is 0 Å².